The van der Waals surface area contributed by atoms with E-state index in [9.17, 15) is 4.79 Å². The van der Waals surface area contributed by atoms with E-state index in [0.29, 0.717) is 12.8 Å². The number of aromatic nitrogens is 3. The first-order valence-electron chi connectivity index (χ1n) is 7.37. The second-order valence-corrected chi connectivity index (χ2v) is 5.99. The first-order chi connectivity index (χ1) is 10.6. The molecule has 0 atom stereocenters. The van der Waals surface area contributed by atoms with E-state index in [1.54, 1.807) is 6.20 Å². The number of amides is 1. The lowest BCUT2D eigenvalue weighted by Gasteiger charge is -2.34. The predicted molar refractivity (Wildman–Crippen MR) is 83.0 cm³/mol. The van der Waals surface area contributed by atoms with Crippen LogP contribution in [0.5, 0.6) is 0 Å². The zero-order chi connectivity index (χ0) is 15.5. The van der Waals surface area contributed by atoms with E-state index in [2.05, 4.69) is 18.8 Å². The van der Waals surface area contributed by atoms with Gasteiger partial charge in [-0.3, -0.25) is 4.79 Å². The lowest BCUT2D eigenvalue weighted by molar-refractivity contribution is -0.131. The number of aryl methyl sites for hydroxylation is 2. The van der Waals surface area contributed by atoms with Gasteiger partial charge in [0, 0.05) is 38.2 Å². The van der Waals surface area contributed by atoms with Crippen LogP contribution in [0.25, 0.3) is 0 Å². The SMILES string of the molecule is Cc1noc(C)c1CCC(=O)N1CCN(c2cnsn2)CC1. The minimum absolute atomic E-state index is 0.191. The number of hydrogen-bond acceptors (Lipinski definition) is 7. The Bertz CT molecular complexity index is 612. The van der Waals surface area contributed by atoms with Gasteiger partial charge in [0.1, 0.15) is 5.76 Å². The number of piperazine rings is 1. The Kier molecular flexibility index (Phi) is 4.37. The van der Waals surface area contributed by atoms with Crippen LogP contribution in [0.15, 0.2) is 10.7 Å². The van der Waals surface area contributed by atoms with E-state index in [4.69, 9.17) is 4.52 Å². The highest BCUT2D eigenvalue weighted by atomic mass is 32.1. The van der Waals surface area contributed by atoms with Crippen molar-refractivity contribution in [3.05, 3.63) is 23.2 Å². The summed E-state index contributed by atoms with van der Waals surface area (Å²) in [5, 5.41) is 3.93. The highest BCUT2D eigenvalue weighted by molar-refractivity contribution is 6.99. The maximum Gasteiger partial charge on any atom is 0.223 e. The van der Waals surface area contributed by atoms with Gasteiger partial charge in [0.15, 0.2) is 5.82 Å². The van der Waals surface area contributed by atoms with Crippen LogP contribution in [-0.4, -0.2) is 50.9 Å². The number of carbonyl (C=O) groups is 1. The maximum atomic E-state index is 12.3. The van der Waals surface area contributed by atoms with Crippen molar-refractivity contribution in [3.8, 4) is 0 Å². The molecule has 118 valence electrons. The van der Waals surface area contributed by atoms with Crippen molar-refractivity contribution in [2.45, 2.75) is 26.7 Å². The first-order valence-corrected chi connectivity index (χ1v) is 8.10. The summed E-state index contributed by atoms with van der Waals surface area (Å²) in [6.07, 6.45) is 2.97. The zero-order valence-corrected chi connectivity index (χ0v) is 13.6. The Labute approximate surface area is 133 Å². The molecule has 0 radical (unpaired) electrons. The molecular formula is C14H19N5O2S. The number of nitrogens with zero attached hydrogens (tertiary/aromatic N) is 5. The normalized spacial score (nSPS) is 15.4. The molecule has 0 bridgehead atoms. The topological polar surface area (TPSA) is 75.4 Å². The minimum Gasteiger partial charge on any atom is -0.361 e. The number of hydrogen-bond donors (Lipinski definition) is 0. The smallest absolute Gasteiger partial charge is 0.223 e. The molecule has 0 aliphatic carbocycles. The Morgan fingerprint density at radius 3 is 2.68 bits per heavy atom. The molecule has 7 nitrogen and oxygen atoms in total. The summed E-state index contributed by atoms with van der Waals surface area (Å²) < 4.78 is 13.4. The highest BCUT2D eigenvalue weighted by Gasteiger charge is 2.22. The van der Waals surface area contributed by atoms with Crippen LogP contribution in [0.4, 0.5) is 5.82 Å². The lowest BCUT2D eigenvalue weighted by Crippen LogP contribution is -2.49. The second kappa shape index (κ2) is 6.43. The predicted octanol–water partition coefficient (Wildman–Crippen LogP) is 1.42. The van der Waals surface area contributed by atoms with Crippen molar-refractivity contribution in [2.75, 3.05) is 31.1 Å². The zero-order valence-electron chi connectivity index (χ0n) is 12.8. The summed E-state index contributed by atoms with van der Waals surface area (Å²) in [6, 6.07) is 0. The van der Waals surface area contributed by atoms with Crippen LogP contribution in [0, 0.1) is 13.8 Å². The fourth-order valence-corrected chi connectivity index (χ4v) is 3.17. The van der Waals surface area contributed by atoms with Crippen molar-refractivity contribution >= 4 is 23.5 Å². The molecule has 8 heteroatoms. The molecule has 1 saturated heterocycles. The van der Waals surface area contributed by atoms with Gasteiger partial charge < -0.3 is 14.3 Å². The van der Waals surface area contributed by atoms with Gasteiger partial charge in [0.25, 0.3) is 0 Å². The van der Waals surface area contributed by atoms with E-state index in [0.717, 1.165) is 49.0 Å². The van der Waals surface area contributed by atoms with Crippen LogP contribution in [0.1, 0.15) is 23.4 Å². The third-order valence-electron chi connectivity index (χ3n) is 4.08. The third-order valence-corrected chi connectivity index (χ3v) is 4.54. The summed E-state index contributed by atoms with van der Waals surface area (Å²) in [6.45, 7) is 6.89. The third kappa shape index (κ3) is 3.11. The second-order valence-electron chi connectivity index (χ2n) is 5.44. The van der Waals surface area contributed by atoms with Crippen LogP contribution in [0.2, 0.25) is 0 Å². The molecule has 3 rings (SSSR count). The largest absolute Gasteiger partial charge is 0.361 e. The summed E-state index contributed by atoms with van der Waals surface area (Å²) in [5.74, 6) is 1.91. The first kappa shape index (κ1) is 15.0. The van der Waals surface area contributed by atoms with E-state index < -0.39 is 0 Å². The molecule has 1 amide bonds. The standard InChI is InChI=1S/C14H19N5O2S/c1-10-12(11(2)21-16-10)3-4-14(20)19-7-5-18(6-8-19)13-9-15-22-17-13/h9H,3-8H2,1-2H3. The Balaban J connectivity index is 1.50. The van der Waals surface area contributed by atoms with Crippen molar-refractivity contribution in [2.24, 2.45) is 0 Å². The van der Waals surface area contributed by atoms with Crippen molar-refractivity contribution in [3.63, 3.8) is 0 Å². The fraction of sp³-hybridized carbons (Fsp3) is 0.571. The van der Waals surface area contributed by atoms with Gasteiger partial charge in [-0.1, -0.05) is 5.16 Å². The van der Waals surface area contributed by atoms with Crippen LogP contribution in [-0.2, 0) is 11.2 Å². The molecule has 1 fully saturated rings. The van der Waals surface area contributed by atoms with Crippen LogP contribution in [0.3, 0.4) is 0 Å². The number of rotatable bonds is 4. The average Bonchev–Trinajstić information content (AvgIpc) is 3.17. The molecule has 0 N–H and O–H groups in total. The Morgan fingerprint density at radius 1 is 1.32 bits per heavy atom. The van der Waals surface area contributed by atoms with Gasteiger partial charge in [0.05, 0.1) is 23.6 Å². The van der Waals surface area contributed by atoms with Gasteiger partial charge in [-0.05, 0) is 20.3 Å². The minimum atomic E-state index is 0.191. The van der Waals surface area contributed by atoms with E-state index in [1.807, 2.05) is 18.7 Å². The quantitative estimate of drug-likeness (QED) is 0.848. The van der Waals surface area contributed by atoms with E-state index in [1.165, 1.54) is 11.7 Å². The van der Waals surface area contributed by atoms with Crippen molar-refractivity contribution in [1.82, 2.24) is 18.8 Å². The Hall–Kier alpha value is -1.96. The monoisotopic (exact) mass is 321 g/mol. The number of carbonyl (C=O) groups excluding carboxylic acids is 1. The van der Waals surface area contributed by atoms with Gasteiger partial charge in [0.2, 0.25) is 5.91 Å². The molecule has 2 aromatic heterocycles. The maximum absolute atomic E-state index is 12.3. The lowest BCUT2D eigenvalue weighted by atomic mass is 10.1. The summed E-state index contributed by atoms with van der Waals surface area (Å²) in [5.41, 5.74) is 1.94. The molecule has 0 unspecified atom stereocenters. The van der Waals surface area contributed by atoms with Gasteiger partial charge in [-0.25, -0.2) is 0 Å². The summed E-state index contributed by atoms with van der Waals surface area (Å²) in [4.78, 5) is 16.4. The van der Waals surface area contributed by atoms with E-state index in [-0.39, 0.29) is 5.91 Å². The molecule has 2 aromatic rings. The van der Waals surface area contributed by atoms with Crippen LogP contribution < -0.4 is 4.90 Å². The molecule has 0 spiro atoms. The molecule has 0 aromatic carbocycles. The van der Waals surface area contributed by atoms with E-state index >= 15 is 0 Å². The average molecular weight is 321 g/mol. The molecule has 1 aliphatic rings. The molecule has 3 heterocycles. The van der Waals surface area contributed by atoms with Gasteiger partial charge in [-0.15, -0.1) is 0 Å². The van der Waals surface area contributed by atoms with Crippen molar-refractivity contribution in [1.29, 1.82) is 0 Å². The van der Waals surface area contributed by atoms with Gasteiger partial charge >= 0.3 is 0 Å². The van der Waals surface area contributed by atoms with Gasteiger partial charge in [-0.2, -0.15) is 8.75 Å². The molecule has 22 heavy (non-hydrogen) atoms. The van der Waals surface area contributed by atoms with Crippen molar-refractivity contribution < 1.29 is 9.32 Å². The molecular weight excluding hydrogens is 302 g/mol. The molecule has 0 saturated carbocycles. The van der Waals surface area contributed by atoms with Crippen LogP contribution >= 0.6 is 11.7 Å². The number of anilines is 1. The summed E-state index contributed by atoms with van der Waals surface area (Å²) >= 11 is 1.21. The molecule has 1 aliphatic heterocycles. The fourth-order valence-electron chi connectivity index (χ4n) is 2.73. The Morgan fingerprint density at radius 2 is 2.09 bits per heavy atom. The highest BCUT2D eigenvalue weighted by Crippen LogP contribution is 2.17. The summed E-state index contributed by atoms with van der Waals surface area (Å²) in [7, 11) is 0.